The van der Waals surface area contributed by atoms with Crippen molar-refractivity contribution in [2.45, 2.75) is 32.3 Å². The van der Waals surface area contributed by atoms with Gasteiger partial charge in [-0.2, -0.15) is 11.8 Å². The number of hydrogen-bond acceptors (Lipinski definition) is 3. The summed E-state index contributed by atoms with van der Waals surface area (Å²) in [4.78, 5) is 0. The minimum atomic E-state index is 0.486. The molecule has 1 N–H and O–H groups in total. The van der Waals surface area contributed by atoms with Crippen molar-refractivity contribution in [2.24, 2.45) is 0 Å². The van der Waals surface area contributed by atoms with E-state index in [0.29, 0.717) is 6.10 Å². The van der Waals surface area contributed by atoms with Crippen molar-refractivity contribution in [1.29, 1.82) is 0 Å². The molecule has 0 radical (unpaired) electrons. The zero-order chi connectivity index (χ0) is 9.36. The molecule has 0 aromatic heterocycles. The Balaban J connectivity index is 1.86. The maximum atomic E-state index is 5.75. The van der Waals surface area contributed by atoms with Gasteiger partial charge in [-0.3, -0.25) is 0 Å². The highest BCUT2D eigenvalue weighted by molar-refractivity contribution is 7.99. The van der Waals surface area contributed by atoms with Crippen molar-refractivity contribution in [3.05, 3.63) is 0 Å². The molecule has 0 amide bonds. The Bertz CT molecular complexity index is 115. The summed E-state index contributed by atoms with van der Waals surface area (Å²) in [6.45, 7) is 5.38. The van der Waals surface area contributed by atoms with Gasteiger partial charge in [-0.1, -0.05) is 6.92 Å². The van der Waals surface area contributed by atoms with Gasteiger partial charge in [0.2, 0.25) is 0 Å². The summed E-state index contributed by atoms with van der Waals surface area (Å²) >= 11 is 2.00. The van der Waals surface area contributed by atoms with Gasteiger partial charge in [0.25, 0.3) is 0 Å². The summed E-state index contributed by atoms with van der Waals surface area (Å²) in [5, 5.41) is 3.36. The van der Waals surface area contributed by atoms with Crippen molar-refractivity contribution in [2.75, 3.05) is 31.2 Å². The second-order valence-corrected chi connectivity index (χ2v) is 4.78. The number of nitrogens with one attached hydrogen (secondary N) is 1. The topological polar surface area (TPSA) is 21.3 Å². The van der Waals surface area contributed by atoms with Gasteiger partial charge in [0.1, 0.15) is 0 Å². The second-order valence-electron chi connectivity index (χ2n) is 3.39. The molecule has 1 unspecified atom stereocenters. The number of rotatable bonds is 6. The third kappa shape index (κ3) is 5.55. The Morgan fingerprint density at radius 3 is 3.15 bits per heavy atom. The molecular formula is C10H21NOS. The van der Waals surface area contributed by atoms with Gasteiger partial charge in [-0.15, -0.1) is 0 Å². The molecule has 0 aromatic carbocycles. The Labute approximate surface area is 85.8 Å². The van der Waals surface area contributed by atoms with Crippen molar-refractivity contribution >= 4 is 11.8 Å². The molecular weight excluding hydrogens is 182 g/mol. The molecule has 1 atom stereocenters. The van der Waals surface area contributed by atoms with Crippen molar-refractivity contribution in [3.63, 3.8) is 0 Å². The highest BCUT2D eigenvalue weighted by Crippen LogP contribution is 2.07. The van der Waals surface area contributed by atoms with E-state index in [2.05, 4.69) is 12.2 Å². The summed E-state index contributed by atoms with van der Waals surface area (Å²) in [6.07, 6.45) is 4.21. The van der Waals surface area contributed by atoms with Gasteiger partial charge in [-0.25, -0.2) is 0 Å². The van der Waals surface area contributed by atoms with Gasteiger partial charge >= 0.3 is 0 Å². The first-order chi connectivity index (χ1) is 6.43. The van der Waals surface area contributed by atoms with E-state index in [-0.39, 0.29) is 0 Å². The highest BCUT2D eigenvalue weighted by Gasteiger charge is 2.12. The molecule has 0 spiro atoms. The van der Waals surface area contributed by atoms with Crippen LogP contribution >= 0.6 is 11.8 Å². The predicted molar refractivity (Wildman–Crippen MR) is 59.5 cm³/mol. The van der Waals surface area contributed by atoms with Gasteiger partial charge in [0, 0.05) is 13.2 Å². The lowest BCUT2D eigenvalue weighted by Gasteiger charge is -2.22. The van der Waals surface area contributed by atoms with Crippen molar-refractivity contribution < 1.29 is 4.74 Å². The SMILES string of the molecule is CCSCCCOC1CCCNC1. The Morgan fingerprint density at radius 2 is 2.46 bits per heavy atom. The zero-order valence-electron chi connectivity index (χ0n) is 8.55. The van der Waals surface area contributed by atoms with Crippen LogP contribution < -0.4 is 5.32 Å². The molecule has 3 heteroatoms. The average Bonchev–Trinajstić information content (AvgIpc) is 2.19. The van der Waals surface area contributed by atoms with Crippen LogP contribution in [0.15, 0.2) is 0 Å². The Hall–Kier alpha value is 0.270. The molecule has 1 fully saturated rings. The van der Waals surface area contributed by atoms with Crippen LogP contribution in [0.4, 0.5) is 0 Å². The maximum absolute atomic E-state index is 5.75. The van der Waals surface area contributed by atoms with Crippen LogP contribution in [0.1, 0.15) is 26.2 Å². The third-order valence-electron chi connectivity index (χ3n) is 2.24. The smallest absolute Gasteiger partial charge is 0.0699 e. The predicted octanol–water partition coefficient (Wildman–Crippen LogP) is 1.90. The van der Waals surface area contributed by atoms with Crippen LogP contribution in [0.5, 0.6) is 0 Å². The third-order valence-corrected chi connectivity index (χ3v) is 3.23. The second kappa shape index (κ2) is 7.65. The molecule has 13 heavy (non-hydrogen) atoms. The molecule has 0 aromatic rings. The number of hydrogen-bond donors (Lipinski definition) is 1. The molecule has 2 nitrogen and oxygen atoms in total. The van der Waals surface area contributed by atoms with E-state index in [1.54, 1.807) is 0 Å². The van der Waals surface area contributed by atoms with Crippen molar-refractivity contribution in [3.8, 4) is 0 Å². The molecule has 1 aliphatic rings. The lowest BCUT2D eigenvalue weighted by molar-refractivity contribution is 0.0379. The summed E-state index contributed by atoms with van der Waals surface area (Å²) in [5.74, 6) is 2.47. The number of ether oxygens (including phenoxy) is 1. The Morgan fingerprint density at radius 1 is 1.54 bits per heavy atom. The molecule has 1 heterocycles. The average molecular weight is 203 g/mol. The molecule has 1 rings (SSSR count). The fourth-order valence-corrected chi connectivity index (χ4v) is 2.13. The van der Waals surface area contributed by atoms with E-state index in [1.165, 1.54) is 37.3 Å². The minimum Gasteiger partial charge on any atom is -0.377 e. The van der Waals surface area contributed by atoms with E-state index in [9.17, 15) is 0 Å². The van der Waals surface area contributed by atoms with Gasteiger partial charge in [-0.05, 0) is 37.3 Å². The van der Waals surface area contributed by atoms with Crippen LogP contribution in [-0.4, -0.2) is 37.3 Å². The van der Waals surface area contributed by atoms with Crippen molar-refractivity contribution in [1.82, 2.24) is 5.32 Å². The Kier molecular flexibility index (Phi) is 6.68. The van der Waals surface area contributed by atoms with E-state index in [1.807, 2.05) is 11.8 Å². The largest absolute Gasteiger partial charge is 0.377 e. The van der Waals surface area contributed by atoms with Crippen LogP contribution in [-0.2, 0) is 4.74 Å². The van der Waals surface area contributed by atoms with E-state index < -0.39 is 0 Å². The van der Waals surface area contributed by atoms with E-state index in [4.69, 9.17) is 4.74 Å². The summed E-state index contributed by atoms with van der Waals surface area (Å²) in [6, 6.07) is 0. The standard InChI is InChI=1S/C10H21NOS/c1-2-13-8-4-7-12-10-5-3-6-11-9-10/h10-11H,2-9H2,1H3. The van der Waals surface area contributed by atoms with Crippen LogP contribution in [0.3, 0.4) is 0 Å². The first-order valence-corrected chi connectivity index (χ1v) is 6.49. The fourth-order valence-electron chi connectivity index (χ4n) is 1.52. The fraction of sp³-hybridized carbons (Fsp3) is 1.00. The minimum absolute atomic E-state index is 0.486. The van der Waals surface area contributed by atoms with Gasteiger partial charge in [0.05, 0.1) is 6.10 Å². The normalized spacial score (nSPS) is 23.3. The summed E-state index contributed by atoms with van der Waals surface area (Å²) in [7, 11) is 0. The lowest BCUT2D eigenvalue weighted by atomic mass is 10.1. The maximum Gasteiger partial charge on any atom is 0.0699 e. The van der Waals surface area contributed by atoms with E-state index in [0.717, 1.165) is 13.2 Å². The first kappa shape index (κ1) is 11.3. The van der Waals surface area contributed by atoms with Crippen LogP contribution in [0.2, 0.25) is 0 Å². The lowest BCUT2D eigenvalue weighted by Crippen LogP contribution is -2.35. The molecule has 0 saturated carbocycles. The molecule has 0 bridgehead atoms. The number of piperidine rings is 1. The molecule has 1 saturated heterocycles. The van der Waals surface area contributed by atoms with E-state index >= 15 is 0 Å². The molecule has 0 aliphatic carbocycles. The van der Waals surface area contributed by atoms with Gasteiger partial charge in [0.15, 0.2) is 0 Å². The van der Waals surface area contributed by atoms with Crippen LogP contribution in [0.25, 0.3) is 0 Å². The first-order valence-electron chi connectivity index (χ1n) is 5.33. The highest BCUT2D eigenvalue weighted by atomic mass is 32.2. The monoisotopic (exact) mass is 203 g/mol. The number of thioether (sulfide) groups is 1. The summed E-state index contributed by atoms with van der Waals surface area (Å²) in [5.41, 5.74) is 0. The van der Waals surface area contributed by atoms with Crippen LogP contribution in [0, 0.1) is 0 Å². The quantitative estimate of drug-likeness (QED) is 0.666. The zero-order valence-corrected chi connectivity index (χ0v) is 9.37. The molecule has 78 valence electrons. The summed E-state index contributed by atoms with van der Waals surface area (Å²) < 4.78 is 5.75. The molecule has 1 aliphatic heterocycles. The van der Waals surface area contributed by atoms with Gasteiger partial charge < -0.3 is 10.1 Å².